The van der Waals surface area contributed by atoms with Crippen molar-refractivity contribution in [1.82, 2.24) is 5.32 Å². The van der Waals surface area contributed by atoms with Crippen LogP contribution in [-0.2, 0) is 14.3 Å². The van der Waals surface area contributed by atoms with Crippen molar-refractivity contribution in [3.05, 3.63) is 0 Å². The summed E-state index contributed by atoms with van der Waals surface area (Å²) in [7, 11) is 0. The van der Waals surface area contributed by atoms with Crippen LogP contribution in [0.4, 0.5) is 4.79 Å². The van der Waals surface area contributed by atoms with Gasteiger partial charge in [-0.1, -0.05) is 0 Å². The topological polar surface area (TPSA) is 113 Å². The van der Waals surface area contributed by atoms with Gasteiger partial charge in [0.2, 0.25) is 0 Å². The summed E-state index contributed by atoms with van der Waals surface area (Å²) in [5.41, 5.74) is -0.751. The van der Waals surface area contributed by atoms with Gasteiger partial charge in [-0.25, -0.2) is 9.59 Å². The van der Waals surface area contributed by atoms with Crippen LogP contribution in [0.25, 0.3) is 0 Å². The van der Waals surface area contributed by atoms with Gasteiger partial charge in [-0.3, -0.25) is 4.79 Å². The van der Waals surface area contributed by atoms with E-state index in [1.165, 1.54) is 0 Å². The Morgan fingerprint density at radius 3 is 2.12 bits per heavy atom. The molecule has 7 heteroatoms. The second-order valence-corrected chi connectivity index (χ2v) is 4.47. The first kappa shape index (κ1) is 15.2. The number of hydrogen-bond donors (Lipinski definition) is 3. The summed E-state index contributed by atoms with van der Waals surface area (Å²) < 4.78 is 4.98. The average molecular weight is 247 g/mol. The van der Waals surface area contributed by atoms with Gasteiger partial charge in [0.05, 0.1) is 0 Å². The fourth-order valence-electron chi connectivity index (χ4n) is 1.04. The summed E-state index contributed by atoms with van der Waals surface area (Å²) in [4.78, 5) is 32.4. The number of hydrogen-bond acceptors (Lipinski definition) is 4. The highest BCUT2D eigenvalue weighted by Gasteiger charge is 2.26. The van der Waals surface area contributed by atoms with Crippen LogP contribution in [0.3, 0.4) is 0 Å². The van der Waals surface area contributed by atoms with E-state index < -0.39 is 29.7 Å². The first-order valence-corrected chi connectivity index (χ1v) is 5.06. The summed E-state index contributed by atoms with van der Waals surface area (Å²) in [6, 6.07) is -1.16. The zero-order chi connectivity index (χ0) is 13.6. The van der Waals surface area contributed by atoms with Crippen molar-refractivity contribution in [3.63, 3.8) is 0 Å². The molecule has 1 unspecified atom stereocenters. The minimum absolute atomic E-state index is 0.142. The molecule has 0 spiro atoms. The molecule has 0 bridgehead atoms. The van der Waals surface area contributed by atoms with Crippen LogP contribution < -0.4 is 5.32 Å². The third-order valence-electron chi connectivity index (χ3n) is 1.64. The lowest BCUT2D eigenvalue weighted by atomic mass is 10.1. The van der Waals surface area contributed by atoms with E-state index in [0.717, 1.165) is 0 Å². The minimum atomic E-state index is -1.40. The average Bonchev–Trinajstić information content (AvgIpc) is 2.08. The third kappa shape index (κ3) is 8.06. The van der Waals surface area contributed by atoms with Gasteiger partial charge < -0.3 is 20.3 Å². The summed E-state index contributed by atoms with van der Waals surface area (Å²) >= 11 is 0. The monoisotopic (exact) mass is 247 g/mol. The van der Waals surface area contributed by atoms with E-state index in [2.05, 4.69) is 0 Å². The summed E-state index contributed by atoms with van der Waals surface area (Å²) in [5.74, 6) is -1.88. The number of rotatable bonds is 5. The molecule has 0 aromatic rings. The molecule has 0 aliphatic rings. The highest BCUT2D eigenvalue weighted by Crippen LogP contribution is 2.10. The Morgan fingerprint density at radius 1 is 1.24 bits per heavy atom. The lowest BCUT2D eigenvalue weighted by molar-refractivity contribution is -0.157. The molecular weight excluding hydrogens is 230 g/mol. The minimum Gasteiger partial charge on any atom is -0.481 e. The molecule has 0 aromatic carbocycles. The third-order valence-corrected chi connectivity index (χ3v) is 1.64. The molecule has 17 heavy (non-hydrogen) atoms. The van der Waals surface area contributed by atoms with Crippen LogP contribution in [-0.4, -0.2) is 39.9 Å². The van der Waals surface area contributed by atoms with Crippen molar-refractivity contribution < 1.29 is 29.3 Å². The van der Waals surface area contributed by atoms with E-state index in [9.17, 15) is 14.4 Å². The highest BCUT2D eigenvalue weighted by molar-refractivity contribution is 5.81. The predicted molar refractivity (Wildman–Crippen MR) is 57.7 cm³/mol. The number of nitrogens with one attached hydrogen (secondary N) is 1. The molecule has 0 aromatic heterocycles. The lowest BCUT2D eigenvalue weighted by Crippen LogP contribution is -2.43. The molecule has 0 aliphatic carbocycles. The Balaban J connectivity index is 4.50. The molecule has 0 heterocycles. The van der Waals surface area contributed by atoms with Crippen LogP contribution >= 0.6 is 0 Å². The number of carbonyl (C=O) groups is 3. The Morgan fingerprint density at radius 2 is 1.76 bits per heavy atom. The molecule has 98 valence electrons. The van der Waals surface area contributed by atoms with Gasteiger partial charge in [0.1, 0.15) is 11.6 Å². The molecule has 1 amide bonds. The number of esters is 1. The highest BCUT2D eigenvalue weighted by atomic mass is 16.6. The fourth-order valence-corrected chi connectivity index (χ4v) is 1.04. The first-order chi connectivity index (χ1) is 7.61. The van der Waals surface area contributed by atoms with E-state index in [-0.39, 0.29) is 12.8 Å². The van der Waals surface area contributed by atoms with E-state index in [1.807, 2.05) is 5.32 Å². The first-order valence-electron chi connectivity index (χ1n) is 5.06. The molecule has 0 saturated carbocycles. The normalized spacial score (nSPS) is 12.6. The quantitative estimate of drug-likeness (QED) is 0.620. The van der Waals surface area contributed by atoms with Crippen LogP contribution in [0, 0.1) is 0 Å². The molecule has 3 N–H and O–H groups in total. The van der Waals surface area contributed by atoms with Gasteiger partial charge in [-0.2, -0.15) is 0 Å². The maximum Gasteiger partial charge on any atom is 0.405 e. The van der Waals surface area contributed by atoms with Crippen LogP contribution in [0.2, 0.25) is 0 Å². The molecule has 0 saturated heterocycles. The summed E-state index contributed by atoms with van der Waals surface area (Å²) in [6.07, 6.45) is -1.85. The molecule has 7 nitrogen and oxygen atoms in total. The number of aliphatic carboxylic acids is 1. The number of amides is 1. The Kier molecular flexibility index (Phi) is 5.43. The lowest BCUT2D eigenvalue weighted by Gasteiger charge is -2.23. The van der Waals surface area contributed by atoms with Crippen molar-refractivity contribution in [3.8, 4) is 0 Å². The Bertz CT molecular complexity index is 306. The molecular formula is C10H17NO6. The van der Waals surface area contributed by atoms with E-state index in [1.54, 1.807) is 20.8 Å². The second-order valence-electron chi connectivity index (χ2n) is 4.47. The number of carboxylic acid groups (broad SMARTS) is 2. The fraction of sp³-hybridized carbons (Fsp3) is 0.700. The zero-order valence-corrected chi connectivity index (χ0v) is 10.0. The molecule has 1 atom stereocenters. The van der Waals surface area contributed by atoms with Crippen molar-refractivity contribution in [1.29, 1.82) is 0 Å². The zero-order valence-electron chi connectivity index (χ0n) is 10.0. The van der Waals surface area contributed by atoms with Gasteiger partial charge in [0.25, 0.3) is 0 Å². The number of carboxylic acids is 1. The Labute approximate surface area is 98.8 Å². The van der Waals surface area contributed by atoms with Gasteiger partial charge in [0.15, 0.2) is 0 Å². The van der Waals surface area contributed by atoms with Gasteiger partial charge in [-0.15, -0.1) is 0 Å². The molecule has 0 rings (SSSR count). The predicted octanol–water partition coefficient (Wildman–Crippen LogP) is 0.829. The maximum atomic E-state index is 11.6. The largest absolute Gasteiger partial charge is 0.481 e. The summed E-state index contributed by atoms with van der Waals surface area (Å²) in [5, 5.41) is 18.9. The van der Waals surface area contributed by atoms with Crippen molar-refractivity contribution in [2.45, 2.75) is 45.3 Å². The molecule has 0 aliphatic heterocycles. The Hall–Kier alpha value is -1.79. The van der Waals surface area contributed by atoms with Gasteiger partial charge in [-0.05, 0) is 27.2 Å². The second kappa shape index (κ2) is 6.07. The number of carbonyl (C=O) groups excluding carboxylic acids is 1. The van der Waals surface area contributed by atoms with Crippen LogP contribution in [0.5, 0.6) is 0 Å². The van der Waals surface area contributed by atoms with Crippen molar-refractivity contribution in [2.75, 3.05) is 0 Å². The van der Waals surface area contributed by atoms with Gasteiger partial charge >= 0.3 is 18.0 Å². The molecule has 0 fully saturated rings. The van der Waals surface area contributed by atoms with Crippen molar-refractivity contribution >= 4 is 18.0 Å². The SMILES string of the molecule is CC(C)(C)OC(=O)C(CCC(=O)O)NC(=O)O. The number of ether oxygens (including phenoxy) is 1. The smallest absolute Gasteiger partial charge is 0.405 e. The van der Waals surface area contributed by atoms with Crippen molar-refractivity contribution in [2.24, 2.45) is 0 Å². The van der Waals surface area contributed by atoms with E-state index in [4.69, 9.17) is 14.9 Å². The van der Waals surface area contributed by atoms with Crippen LogP contribution in [0.1, 0.15) is 33.6 Å². The van der Waals surface area contributed by atoms with Gasteiger partial charge in [0, 0.05) is 6.42 Å². The van der Waals surface area contributed by atoms with E-state index in [0.29, 0.717) is 0 Å². The van der Waals surface area contributed by atoms with E-state index >= 15 is 0 Å². The summed E-state index contributed by atoms with van der Waals surface area (Å²) in [6.45, 7) is 4.92. The maximum absolute atomic E-state index is 11.6. The van der Waals surface area contributed by atoms with Crippen LogP contribution in [0.15, 0.2) is 0 Å². The molecule has 0 radical (unpaired) electrons. The standard InChI is InChI=1S/C10H17NO6/c1-10(2,3)17-8(14)6(11-9(15)16)4-5-7(12)13/h6,11H,4-5H2,1-3H3,(H,12,13)(H,15,16).